The van der Waals surface area contributed by atoms with Gasteiger partial charge in [0.2, 0.25) is 5.91 Å². The number of carbonyl (C=O) groups is 2. The molecule has 0 aromatic heterocycles. The fourth-order valence-corrected chi connectivity index (χ4v) is 2.53. The molecule has 6 nitrogen and oxygen atoms in total. The van der Waals surface area contributed by atoms with E-state index in [-0.39, 0.29) is 18.7 Å². The standard InChI is InChI=1S/C17H23NO5/c1-12-3-4-13(2)15(9-12)23-7-5-16(19)18-6-8-22-14(11-18)10-17(20)21/h3-4,9,14H,5-8,10-11H2,1-2H3,(H,20,21). The maximum absolute atomic E-state index is 12.2. The van der Waals surface area contributed by atoms with Crippen molar-refractivity contribution < 1.29 is 24.2 Å². The first-order chi connectivity index (χ1) is 11.0. The number of rotatable bonds is 6. The molecular weight excluding hydrogens is 298 g/mol. The minimum atomic E-state index is -0.914. The normalized spacial score (nSPS) is 17.8. The third kappa shape index (κ3) is 5.25. The highest BCUT2D eigenvalue weighted by atomic mass is 16.5. The zero-order valence-electron chi connectivity index (χ0n) is 13.6. The molecule has 126 valence electrons. The van der Waals surface area contributed by atoms with E-state index in [9.17, 15) is 9.59 Å². The third-order valence-electron chi connectivity index (χ3n) is 3.81. The Balaban J connectivity index is 1.80. The first kappa shape index (κ1) is 17.3. The molecule has 1 aromatic rings. The van der Waals surface area contributed by atoms with E-state index in [1.807, 2.05) is 32.0 Å². The van der Waals surface area contributed by atoms with Gasteiger partial charge in [-0.2, -0.15) is 0 Å². The van der Waals surface area contributed by atoms with E-state index in [4.69, 9.17) is 14.6 Å². The van der Waals surface area contributed by atoms with Gasteiger partial charge in [-0.05, 0) is 31.0 Å². The van der Waals surface area contributed by atoms with Crippen LogP contribution in [0, 0.1) is 13.8 Å². The Morgan fingerprint density at radius 1 is 1.39 bits per heavy atom. The first-order valence-corrected chi connectivity index (χ1v) is 7.77. The van der Waals surface area contributed by atoms with E-state index in [0.29, 0.717) is 26.3 Å². The number of amides is 1. The number of morpholine rings is 1. The predicted octanol–water partition coefficient (Wildman–Crippen LogP) is 1.77. The van der Waals surface area contributed by atoms with Crippen LogP contribution in [0.1, 0.15) is 24.0 Å². The number of hydrogen-bond acceptors (Lipinski definition) is 4. The summed E-state index contributed by atoms with van der Waals surface area (Å²) in [5, 5.41) is 8.80. The summed E-state index contributed by atoms with van der Waals surface area (Å²) < 4.78 is 11.1. The van der Waals surface area contributed by atoms with Gasteiger partial charge in [0.05, 0.1) is 32.2 Å². The van der Waals surface area contributed by atoms with Gasteiger partial charge in [-0.1, -0.05) is 12.1 Å². The molecule has 1 aliphatic rings. The van der Waals surface area contributed by atoms with Crippen LogP contribution in [0.15, 0.2) is 18.2 Å². The molecule has 0 spiro atoms. The number of ether oxygens (including phenoxy) is 2. The van der Waals surface area contributed by atoms with Crippen molar-refractivity contribution >= 4 is 11.9 Å². The minimum absolute atomic E-state index is 0.0333. The molecule has 0 saturated carbocycles. The van der Waals surface area contributed by atoms with Crippen LogP contribution >= 0.6 is 0 Å². The van der Waals surface area contributed by atoms with Gasteiger partial charge in [-0.25, -0.2) is 0 Å². The summed E-state index contributed by atoms with van der Waals surface area (Å²) in [5.74, 6) is -0.153. The summed E-state index contributed by atoms with van der Waals surface area (Å²) in [7, 11) is 0. The molecule has 0 bridgehead atoms. The second-order valence-corrected chi connectivity index (χ2v) is 5.80. The van der Waals surface area contributed by atoms with Gasteiger partial charge in [-0.3, -0.25) is 9.59 Å². The highest BCUT2D eigenvalue weighted by Gasteiger charge is 2.25. The maximum Gasteiger partial charge on any atom is 0.306 e. The second kappa shape index (κ2) is 7.97. The van der Waals surface area contributed by atoms with Crippen LogP contribution < -0.4 is 4.74 Å². The van der Waals surface area contributed by atoms with E-state index in [1.165, 1.54) is 0 Å². The lowest BCUT2D eigenvalue weighted by Crippen LogP contribution is -2.46. The molecule has 1 aliphatic heterocycles. The number of benzene rings is 1. The molecule has 1 N–H and O–H groups in total. The fraction of sp³-hybridized carbons (Fsp3) is 0.529. The van der Waals surface area contributed by atoms with Crippen molar-refractivity contribution in [2.24, 2.45) is 0 Å². The largest absolute Gasteiger partial charge is 0.493 e. The Morgan fingerprint density at radius 3 is 2.91 bits per heavy atom. The molecule has 1 atom stereocenters. The summed E-state index contributed by atoms with van der Waals surface area (Å²) in [5.41, 5.74) is 2.15. The molecule has 23 heavy (non-hydrogen) atoms. The van der Waals surface area contributed by atoms with Crippen molar-refractivity contribution in [3.05, 3.63) is 29.3 Å². The molecule has 0 aliphatic carbocycles. The van der Waals surface area contributed by atoms with E-state index in [1.54, 1.807) is 4.90 Å². The quantitative estimate of drug-likeness (QED) is 0.864. The van der Waals surface area contributed by atoms with Crippen molar-refractivity contribution in [1.29, 1.82) is 0 Å². The van der Waals surface area contributed by atoms with Crippen molar-refractivity contribution in [3.8, 4) is 5.75 Å². The zero-order chi connectivity index (χ0) is 16.8. The number of carbonyl (C=O) groups excluding carboxylic acids is 1. The lowest BCUT2D eigenvalue weighted by molar-refractivity contribution is -0.147. The molecule has 1 fully saturated rings. The molecule has 1 saturated heterocycles. The van der Waals surface area contributed by atoms with E-state index in [0.717, 1.165) is 16.9 Å². The molecule has 6 heteroatoms. The average Bonchev–Trinajstić information content (AvgIpc) is 2.50. The summed E-state index contributed by atoms with van der Waals surface area (Å²) in [4.78, 5) is 24.6. The fourth-order valence-electron chi connectivity index (χ4n) is 2.53. The van der Waals surface area contributed by atoms with Gasteiger partial charge in [0.15, 0.2) is 0 Å². The van der Waals surface area contributed by atoms with Crippen LogP contribution in [0.2, 0.25) is 0 Å². The van der Waals surface area contributed by atoms with Crippen LogP contribution in [-0.2, 0) is 14.3 Å². The monoisotopic (exact) mass is 321 g/mol. The molecule has 1 aromatic carbocycles. The number of aliphatic carboxylic acids is 1. The Bertz CT molecular complexity index is 572. The lowest BCUT2D eigenvalue weighted by Gasteiger charge is -2.32. The Kier molecular flexibility index (Phi) is 5.98. The van der Waals surface area contributed by atoms with Crippen LogP contribution in [0.5, 0.6) is 5.75 Å². The predicted molar refractivity (Wildman–Crippen MR) is 84.6 cm³/mol. The van der Waals surface area contributed by atoms with Crippen molar-refractivity contribution in [2.45, 2.75) is 32.8 Å². The van der Waals surface area contributed by atoms with Gasteiger partial charge in [0, 0.05) is 13.1 Å². The van der Waals surface area contributed by atoms with Crippen LogP contribution in [0.25, 0.3) is 0 Å². The highest BCUT2D eigenvalue weighted by molar-refractivity contribution is 5.76. The maximum atomic E-state index is 12.2. The van der Waals surface area contributed by atoms with Gasteiger partial charge >= 0.3 is 5.97 Å². The van der Waals surface area contributed by atoms with Crippen molar-refractivity contribution in [3.63, 3.8) is 0 Å². The SMILES string of the molecule is Cc1ccc(C)c(OCCC(=O)N2CCOC(CC(=O)O)C2)c1. The Hall–Kier alpha value is -2.08. The Morgan fingerprint density at radius 2 is 2.17 bits per heavy atom. The van der Waals surface area contributed by atoms with E-state index < -0.39 is 12.1 Å². The lowest BCUT2D eigenvalue weighted by atomic mass is 10.1. The molecule has 1 unspecified atom stereocenters. The topological polar surface area (TPSA) is 76.1 Å². The van der Waals surface area contributed by atoms with Crippen molar-refractivity contribution in [2.75, 3.05) is 26.3 Å². The minimum Gasteiger partial charge on any atom is -0.493 e. The molecular formula is C17H23NO5. The summed E-state index contributed by atoms with van der Waals surface area (Å²) in [6.45, 7) is 5.47. The van der Waals surface area contributed by atoms with Crippen LogP contribution in [-0.4, -0.2) is 54.3 Å². The summed E-state index contributed by atoms with van der Waals surface area (Å²) in [6.07, 6.45) is -0.235. The molecule has 2 rings (SSSR count). The smallest absolute Gasteiger partial charge is 0.306 e. The summed E-state index contributed by atoms with van der Waals surface area (Å²) >= 11 is 0. The molecule has 1 heterocycles. The number of carboxylic acid groups (broad SMARTS) is 1. The number of aryl methyl sites for hydroxylation is 2. The van der Waals surface area contributed by atoms with Crippen molar-refractivity contribution in [1.82, 2.24) is 4.90 Å². The number of carboxylic acids is 1. The van der Waals surface area contributed by atoms with Gasteiger partial charge < -0.3 is 19.5 Å². The third-order valence-corrected chi connectivity index (χ3v) is 3.81. The van der Waals surface area contributed by atoms with Crippen LogP contribution in [0.4, 0.5) is 0 Å². The Labute approximate surface area is 136 Å². The first-order valence-electron chi connectivity index (χ1n) is 7.77. The average molecular weight is 321 g/mol. The van der Waals surface area contributed by atoms with Gasteiger partial charge in [0.25, 0.3) is 0 Å². The zero-order valence-corrected chi connectivity index (χ0v) is 13.6. The number of nitrogens with zero attached hydrogens (tertiary/aromatic N) is 1. The summed E-state index contributed by atoms with van der Waals surface area (Å²) in [6, 6.07) is 5.96. The second-order valence-electron chi connectivity index (χ2n) is 5.80. The van der Waals surface area contributed by atoms with E-state index >= 15 is 0 Å². The van der Waals surface area contributed by atoms with Gasteiger partial charge in [-0.15, -0.1) is 0 Å². The van der Waals surface area contributed by atoms with Gasteiger partial charge in [0.1, 0.15) is 5.75 Å². The highest BCUT2D eigenvalue weighted by Crippen LogP contribution is 2.19. The number of hydrogen-bond donors (Lipinski definition) is 1. The molecule has 0 radical (unpaired) electrons. The van der Waals surface area contributed by atoms with Crippen LogP contribution in [0.3, 0.4) is 0 Å². The van der Waals surface area contributed by atoms with E-state index in [2.05, 4.69) is 0 Å². The molecule has 1 amide bonds.